The highest BCUT2D eigenvalue weighted by Gasteiger charge is 2.32. The number of aliphatic carboxylic acids is 1. The van der Waals surface area contributed by atoms with E-state index >= 15 is 0 Å². The van der Waals surface area contributed by atoms with Crippen LogP contribution >= 0.6 is 23.2 Å². The highest BCUT2D eigenvalue weighted by molar-refractivity contribution is 6.32. The second kappa shape index (κ2) is 9.07. The summed E-state index contributed by atoms with van der Waals surface area (Å²) in [6.07, 6.45) is 0.931. The molecule has 0 unspecified atom stereocenters. The molecular weight excluding hydrogens is 405 g/mol. The van der Waals surface area contributed by atoms with Gasteiger partial charge in [0, 0.05) is 29.7 Å². The molecular formula is C24H29Cl2NO2. The van der Waals surface area contributed by atoms with Crippen molar-refractivity contribution in [1.82, 2.24) is 4.90 Å². The van der Waals surface area contributed by atoms with Gasteiger partial charge in [-0.3, -0.25) is 9.69 Å². The van der Waals surface area contributed by atoms with Crippen molar-refractivity contribution >= 4 is 29.2 Å². The fourth-order valence-corrected chi connectivity index (χ4v) is 4.44. The fraction of sp³-hybridized carbons (Fsp3) is 0.458. The number of carboxylic acids is 1. The first-order valence-corrected chi connectivity index (χ1v) is 10.9. The van der Waals surface area contributed by atoms with E-state index in [2.05, 4.69) is 56.9 Å². The first-order valence-electron chi connectivity index (χ1n) is 10.1. The summed E-state index contributed by atoms with van der Waals surface area (Å²) in [6.45, 7) is 10.5. The lowest BCUT2D eigenvalue weighted by molar-refractivity contribution is -0.147. The van der Waals surface area contributed by atoms with Crippen LogP contribution in [0.3, 0.4) is 0 Å². The Balaban J connectivity index is 1.78. The molecule has 0 amide bonds. The first kappa shape index (κ1) is 22.1. The van der Waals surface area contributed by atoms with Gasteiger partial charge in [0.2, 0.25) is 0 Å². The second-order valence-electron chi connectivity index (χ2n) is 8.68. The third kappa shape index (κ3) is 5.14. The summed E-state index contributed by atoms with van der Waals surface area (Å²) in [5.74, 6) is -0.0898. The van der Waals surface area contributed by atoms with E-state index in [1.807, 2.05) is 6.07 Å². The van der Waals surface area contributed by atoms with Gasteiger partial charge in [0.25, 0.3) is 0 Å². The van der Waals surface area contributed by atoms with Gasteiger partial charge in [0.15, 0.2) is 0 Å². The van der Waals surface area contributed by atoms with Gasteiger partial charge in [-0.25, -0.2) is 0 Å². The van der Waals surface area contributed by atoms with Gasteiger partial charge in [-0.1, -0.05) is 61.3 Å². The van der Waals surface area contributed by atoms with Crippen LogP contribution in [0.4, 0.5) is 0 Å². The standard InChI is InChI=1S/C24H29Cl2NO2/c1-14(2)21(18-7-15(3)23(26)16(4)8-18)10-17-5-6-22(25)19(9-17)11-27-12-20(13-27)24(28)29/h5-9,14,20-21H,10-13H2,1-4H3,(H,28,29)/t21-/m1/s1. The summed E-state index contributed by atoms with van der Waals surface area (Å²) in [6, 6.07) is 10.7. The monoisotopic (exact) mass is 433 g/mol. The topological polar surface area (TPSA) is 40.5 Å². The van der Waals surface area contributed by atoms with Gasteiger partial charge in [0.05, 0.1) is 5.92 Å². The van der Waals surface area contributed by atoms with Crippen molar-refractivity contribution in [2.75, 3.05) is 13.1 Å². The Morgan fingerprint density at radius 3 is 2.31 bits per heavy atom. The lowest BCUT2D eigenvalue weighted by Crippen LogP contribution is -2.49. The van der Waals surface area contributed by atoms with Gasteiger partial charge in [-0.2, -0.15) is 0 Å². The molecule has 5 heteroatoms. The minimum atomic E-state index is -0.713. The van der Waals surface area contributed by atoms with Gasteiger partial charge >= 0.3 is 5.97 Å². The number of carboxylic acid groups (broad SMARTS) is 1. The summed E-state index contributed by atoms with van der Waals surface area (Å²) in [5, 5.41) is 10.7. The molecule has 2 aromatic carbocycles. The molecule has 3 rings (SSSR count). The smallest absolute Gasteiger partial charge is 0.309 e. The van der Waals surface area contributed by atoms with E-state index in [4.69, 9.17) is 28.3 Å². The minimum absolute atomic E-state index is 0.251. The molecule has 29 heavy (non-hydrogen) atoms. The highest BCUT2D eigenvalue weighted by atomic mass is 35.5. The zero-order valence-corrected chi connectivity index (χ0v) is 19.0. The lowest BCUT2D eigenvalue weighted by atomic mass is 9.82. The Kier molecular flexibility index (Phi) is 6.93. The fourth-order valence-electron chi connectivity index (χ4n) is 4.16. The quantitative estimate of drug-likeness (QED) is 0.572. The van der Waals surface area contributed by atoms with Crippen molar-refractivity contribution in [2.45, 2.75) is 46.6 Å². The summed E-state index contributed by atoms with van der Waals surface area (Å²) in [5.41, 5.74) is 5.88. The van der Waals surface area contributed by atoms with Crippen LogP contribution in [-0.4, -0.2) is 29.1 Å². The van der Waals surface area contributed by atoms with Crippen molar-refractivity contribution in [1.29, 1.82) is 0 Å². The largest absolute Gasteiger partial charge is 0.481 e. The van der Waals surface area contributed by atoms with Crippen LogP contribution in [-0.2, 0) is 17.8 Å². The maximum Gasteiger partial charge on any atom is 0.309 e. The molecule has 0 spiro atoms. The number of hydrogen-bond donors (Lipinski definition) is 1. The third-order valence-electron chi connectivity index (χ3n) is 5.96. The van der Waals surface area contributed by atoms with Crippen LogP contribution in [0.25, 0.3) is 0 Å². The van der Waals surface area contributed by atoms with E-state index in [-0.39, 0.29) is 5.92 Å². The predicted octanol–water partition coefficient (Wildman–Crippen LogP) is 6.11. The Morgan fingerprint density at radius 1 is 1.14 bits per heavy atom. The Hall–Kier alpha value is -1.55. The molecule has 156 valence electrons. The Labute approximate surface area is 183 Å². The number of rotatable bonds is 7. The number of benzene rings is 2. The van der Waals surface area contributed by atoms with Crippen molar-refractivity contribution < 1.29 is 9.90 Å². The van der Waals surface area contributed by atoms with Gasteiger partial charge < -0.3 is 5.11 Å². The number of nitrogens with zero attached hydrogens (tertiary/aromatic N) is 1. The van der Waals surface area contributed by atoms with Crippen LogP contribution in [0.1, 0.15) is 47.6 Å². The molecule has 2 aromatic rings. The molecule has 0 aliphatic carbocycles. The molecule has 3 nitrogen and oxygen atoms in total. The van der Waals surface area contributed by atoms with Crippen LogP contribution in [0.2, 0.25) is 10.0 Å². The van der Waals surface area contributed by atoms with Gasteiger partial charge in [-0.15, -0.1) is 0 Å². The maximum atomic E-state index is 11.0. The number of likely N-dealkylation sites (tertiary alicyclic amines) is 1. The summed E-state index contributed by atoms with van der Waals surface area (Å²) >= 11 is 12.8. The highest BCUT2D eigenvalue weighted by Crippen LogP contribution is 2.34. The number of aryl methyl sites for hydroxylation is 2. The Morgan fingerprint density at radius 2 is 1.76 bits per heavy atom. The van der Waals surface area contributed by atoms with E-state index in [0.717, 1.165) is 33.2 Å². The predicted molar refractivity (Wildman–Crippen MR) is 120 cm³/mol. The van der Waals surface area contributed by atoms with E-state index in [0.29, 0.717) is 31.5 Å². The molecule has 1 heterocycles. The van der Waals surface area contributed by atoms with Crippen molar-refractivity contribution in [2.24, 2.45) is 11.8 Å². The van der Waals surface area contributed by atoms with Crippen molar-refractivity contribution in [3.8, 4) is 0 Å². The molecule has 1 saturated heterocycles. The third-order valence-corrected chi connectivity index (χ3v) is 6.92. The van der Waals surface area contributed by atoms with Gasteiger partial charge in [-0.05, 0) is 66.0 Å². The molecule has 1 aliphatic rings. The summed E-state index contributed by atoms with van der Waals surface area (Å²) in [7, 11) is 0. The van der Waals surface area contributed by atoms with Crippen LogP contribution < -0.4 is 0 Å². The minimum Gasteiger partial charge on any atom is -0.481 e. The molecule has 0 radical (unpaired) electrons. The molecule has 0 saturated carbocycles. The molecule has 1 N–H and O–H groups in total. The Bertz CT molecular complexity index is 881. The average Bonchev–Trinajstić information content (AvgIpc) is 2.61. The van der Waals surface area contributed by atoms with Gasteiger partial charge in [0.1, 0.15) is 0 Å². The van der Waals surface area contributed by atoms with E-state index in [9.17, 15) is 4.79 Å². The molecule has 0 aromatic heterocycles. The van der Waals surface area contributed by atoms with E-state index < -0.39 is 5.97 Å². The SMILES string of the molecule is Cc1cc([C@H](Cc2ccc(Cl)c(CN3CC(C(=O)O)C3)c2)C(C)C)cc(C)c1Cl. The molecule has 1 aliphatic heterocycles. The average molecular weight is 434 g/mol. The molecule has 0 bridgehead atoms. The van der Waals surface area contributed by atoms with E-state index in [1.165, 1.54) is 11.1 Å². The number of halogens is 2. The summed E-state index contributed by atoms with van der Waals surface area (Å²) < 4.78 is 0. The number of hydrogen-bond acceptors (Lipinski definition) is 2. The number of carbonyl (C=O) groups is 1. The zero-order valence-electron chi connectivity index (χ0n) is 17.5. The van der Waals surface area contributed by atoms with Crippen LogP contribution in [0, 0.1) is 25.7 Å². The van der Waals surface area contributed by atoms with E-state index in [1.54, 1.807) is 0 Å². The first-order chi connectivity index (χ1) is 13.7. The van der Waals surface area contributed by atoms with Crippen molar-refractivity contribution in [3.63, 3.8) is 0 Å². The maximum absolute atomic E-state index is 11.0. The second-order valence-corrected chi connectivity index (χ2v) is 9.46. The summed E-state index contributed by atoms with van der Waals surface area (Å²) in [4.78, 5) is 13.2. The normalized spacial score (nSPS) is 16.1. The molecule has 1 atom stereocenters. The van der Waals surface area contributed by atoms with Crippen LogP contribution in [0.5, 0.6) is 0 Å². The molecule has 1 fully saturated rings. The van der Waals surface area contributed by atoms with Crippen molar-refractivity contribution in [3.05, 3.63) is 68.2 Å². The zero-order chi connectivity index (χ0) is 21.3. The van der Waals surface area contributed by atoms with Crippen LogP contribution in [0.15, 0.2) is 30.3 Å². The lowest BCUT2D eigenvalue weighted by Gasteiger charge is -2.36.